The third-order valence-corrected chi connectivity index (χ3v) is 4.82. The molecule has 0 bridgehead atoms. The van der Waals surface area contributed by atoms with Gasteiger partial charge in [0.25, 0.3) is 0 Å². The molecule has 0 amide bonds. The maximum atomic E-state index is 4.43. The lowest BCUT2D eigenvalue weighted by atomic mass is 10.0. The van der Waals surface area contributed by atoms with Crippen LogP contribution in [0.5, 0.6) is 0 Å². The minimum atomic E-state index is 0.746. The molecular formula is C16H22N6. The predicted molar refractivity (Wildman–Crippen MR) is 84.6 cm³/mol. The van der Waals surface area contributed by atoms with Gasteiger partial charge in [0.1, 0.15) is 12.1 Å². The SMILES string of the molecule is Cc1cc(N2CC3CN(Cc4cc(C)[nH]n4)CC3C2)ncn1. The number of aromatic amines is 1. The number of hydrogen-bond donors (Lipinski definition) is 1. The zero-order valence-corrected chi connectivity index (χ0v) is 13.2. The Kier molecular flexibility index (Phi) is 3.33. The van der Waals surface area contributed by atoms with E-state index in [0.29, 0.717) is 0 Å². The fourth-order valence-electron chi connectivity index (χ4n) is 3.80. The smallest absolute Gasteiger partial charge is 0.132 e. The van der Waals surface area contributed by atoms with E-state index in [-0.39, 0.29) is 0 Å². The summed E-state index contributed by atoms with van der Waals surface area (Å²) in [6.07, 6.45) is 1.67. The average molecular weight is 298 g/mol. The van der Waals surface area contributed by atoms with Crippen molar-refractivity contribution < 1.29 is 0 Å². The number of aromatic nitrogens is 4. The molecule has 4 heterocycles. The summed E-state index contributed by atoms with van der Waals surface area (Å²) in [6.45, 7) is 9.58. The molecule has 6 heteroatoms. The number of nitrogens with one attached hydrogen (secondary N) is 1. The summed E-state index contributed by atoms with van der Waals surface area (Å²) in [7, 11) is 0. The lowest BCUT2D eigenvalue weighted by Crippen LogP contribution is -2.29. The van der Waals surface area contributed by atoms with Crippen LogP contribution in [0.4, 0.5) is 5.82 Å². The molecule has 2 unspecified atom stereocenters. The lowest BCUT2D eigenvalue weighted by molar-refractivity contribution is 0.305. The minimum absolute atomic E-state index is 0.746. The van der Waals surface area contributed by atoms with E-state index in [1.54, 1.807) is 6.33 Å². The first-order valence-corrected chi connectivity index (χ1v) is 7.94. The first-order valence-electron chi connectivity index (χ1n) is 7.94. The van der Waals surface area contributed by atoms with Crippen LogP contribution >= 0.6 is 0 Å². The molecule has 4 rings (SSSR count). The van der Waals surface area contributed by atoms with Crippen molar-refractivity contribution >= 4 is 5.82 Å². The van der Waals surface area contributed by atoms with Crippen molar-refractivity contribution in [2.24, 2.45) is 11.8 Å². The summed E-state index contributed by atoms with van der Waals surface area (Å²) in [5.41, 5.74) is 3.33. The van der Waals surface area contributed by atoms with E-state index in [2.05, 4.69) is 49.0 Å². The van der Waals surface area contributed by atoms with Crippen LogP contribution in [0, 0.1) is 25.7 Å². The molecule has 2 aromatic heterocycles. The Morgan fingerprint density at radius 3 is 2.50 bits per heavy atom. The number of anilines is 1. The second kappa shape index (κ2) is 5.35. The highest BCUT2D eigenvalue weighted by molar-refractivity contribution is 5.40. The van der Waals surface area contributed by atoms with Gasteiger partial charge in [0, 0.05) is 50.2 Å². The Labute approximate surface area is 130 Å². The van der Waals surface area contributed by atoms with Gasteiger partial charge in [-0.15, -0.1) is 0 Å². The van der Waals surface area contributed by atoms with Crippen LogP contribution in [0.25, 0.3) is 0 Å². The molecule has 0 saturated carbocycles. The molecule has 2 aliphatic heterocycles. The number of H-pyrrole nitrogens is 1. The number of hydrogen-bond acceptors (Lipinski definition) is 5. The van der Waals surface area contributed by atoms with Crippen LogP contribution in [0.2, 0.25) is 0 Å². The number of likely N-dealkylation sites (tertiary alicyclic amines) is 1. The van der Waals surface area contributed by atoms with Crippen molar-refractivity contribution in [3.8, 4) is 0 Å². The highest BCUT2D eigenvalue weighted by Gasteiger charge is 2.40. The standard InChI is InChI=1S/C16H22N6/c1-11-4-16(18-10-17-11)22-7-13-5-21(6-14(13)8-22)9-15-3-12(2)19-20-15/h3-4,10,13-14H,5-9H2,1-2H3,(H,19,20). The van der Waals surface area contributed by atoms with Crippen molar-refractivity contribution in [3.05, 3.63) is 35.5 Å². The van der Waals surface area contributed by atoms with Crippen molar-refractivity contribution in [1.29, 1.82) is 0 Å². The van der Waals surface area contributed by atoms with Crippen LogP contribution in [0.3, 0.4) is 0 Å². The van der Waals surface area contributed by atoms with Gasteiger partial charge in [-0.2, -0.15) is 5.10 Å². The van der Waals surface area contributed by atoms with Crippen molar-refractivity contribution in [2.75, 3.05) is 31.1 Å². The Morgan fingerprint density at radius 1 is 1.09 bits per heavy atom. The summed E-state index contributed by atoms with van der Waals surface area (Å²) in [4.78, 5) is 13.6. The third-order valence-electron chi connectivity index (χ3n) is 4.82. The van der Waals surface area contributed by atoms with Crippen LogP contribution in [-0.2, 0) is 6.54 Å². The summed E-state index contributed by atoms with van der Waals surface area (Å²) in [5, 5.41) is 7.38. The van der Waals surface area contributed by atoms with Gasteiger partial charge in [-0.05, 0) is 31.7 Å². The van der Waals surface area contributed by atoms with E-state index in [4.69, 9.17) is 0 Å². The summed E-state index contributed by atoms with van der Waals surface area (Å²) in [5.74, 6) is 2.57. The van der Waals surface area contributed by atoms with Crippen LogP contribution < -0.4 is 4.90 Å². The quantitative estimate of drug-likeness (QED) is 0.928. The number of fused-ring (bicyclic) bond motifs is 1. The second-order valence-corrected chi connectivity index (χ2v) is 6.68. The van der Waals surface area contributed by atoms with Gasteiger partial charge < -0.3 is 4.90 Å². The van der Waals surface area contributed by atoms with Crippen molar-refractivity contribution in [2.45, 2.75) is 20.4 Å². The van der Waals surface area contributed by atoms with Gasteiger partial charge in [-0.1, -0.05) is 0 Å². The molecule has 2 fully saturated rings. The summed E-state index contributed by atoms with van der Waals surface area (Å²) >= 11 is 0. The lowest BCUT2D eigenvalue weighted by Gasteiger charge is -2.21. The van der Waals surface area contributed by atoms with Crippen LogP contribution in [0.15, 0.2) is 18.5 Å². The molecule has 2 aromatic rings. The third kappa shape index (κ3) is 2.59. The topological polar surface area (TPSA) is 60.9 Å². The highest BCUT2D eigenvalue weighted by atomic mass is 15.3. The van der Waals surface area contributed by atoms with E-state index >= 15 is 0 Å². The predicted octanol–water partition coefficient (Wildman–Crippen LogP) is 1.38. The Balaban J connectivity index is 1.38. The van der Waals surface area contributed by atoms with Crippen molar-refractivity contribution in [3.63, 3.8) is 0 Å². The molecule has 2 atom stereocenters. The molecule has 6 nitrogen and oxygen atoms in total. The first kappa shape index (κ1) is 13.7. The number of nitrogens with zero attached hydrogens (tertiary/aromatic N) is 5. The molecule has 0 aromatic carbocycles. The van der Waals surface area contributed by atoms with E-state index < -0.39 is 0 Å². The molecule has 116 valence electrons. The first-order chi connectivity index (χ1) is 10.7. The van der Waals surface area contributed by atoms with E-state index in [9.17, 15) is 0 Å². The maximum Gasteiger partial charge on any atom is 0.132 e. The fourth-order valence-corrected chi connectivity index (χ4v) is 3.80. The van der Waals surface area contributed by atoms with E-state index in [1.165, 1.54) is 0 Å². The Hall–Kier alpha value is -1.95. The largest absolute Gasteiger partial charge is 0.356 e. The molecule has 0 radical (unpaired) electrons. The van der Waals surface area contributed by atoms with Gasteiger partial charge in [-0.3, -0.25) is 10.00 Å². The molecular weight excluding hydrogens is 276 g/mol. The van der Waals surface area contributed by atoms with Gasteiger partial charge in [0.15, 0.2) is 0 Å². The Morgan fingerprint density at radius 2 is 1.86 bits per heavy atom. The normalized spacial score (nSPS) is 24.9. The Bertz CT molecular complexity index is 652. The molecule has 0 aliphatic carbocycles. The number of aryl methyl sites for hydroxylation is 2. The molecule has 22 heavy (non-hydrogen) atoms. The van der Waals surface area contributed by atoms with Gasteiger partial charge in [0.2, 0.25) is 0 Å². The summed E-state index contributed by atoms with van der Waals surface area (Å²) in [6, 6.07) is 4.23. The molecule has 2 saturated heterocycles. The van der Waals surface area contributed by atoms with Gasteiger partial charge >= 0.3 is 0 Å². The van der Waals surface area contributed by atoms with Crippen molar-refractivity contribution in [1.82, 2.24) is 25.1 Å². The van der Waals surface area contributed by atoms with Gasteiger partial charge in [-0.25, -0.2) is 9.97 Å². The van der Waals surface area contributed by atoms with E-state index in [0.717, 1.165) is 67.5 Å². The van der Waals surface area contributed by atoms with E-state index in [1.807, 2.05) is 6.92 Å². The molecule has 2 aliphatic rings. The van der Waals surface area contributed by atoms with Crippen LogP contribution in [0.1, 0.15) is 17.1 Å². The molecule has 0 spiro atoms. The minimum Gasteiger partial charge on any atom is -0.356 e. The second-order valence-electron chi connectivity index (χ2n) is 6.68. The average Bonchev–Trinajstić information content (AvgIpc) is 3.14. The zero-order valence-electron chi connectivity index (χ0n) is 13.2. The van der Waals surface area contributed by atoms with Crippen LogP contribution in [-0.4, -0.2) is 51.2 Å². The zero-order chi connectivity index (χ0) is 15.1. The van der Waals surface area contributed by atoms with Gasteiger partial charge in [0.05, 0.1) is 5.69 Å². The molecule has 1 N–H and O–H groups in total. The summed E-state index contributed by atoms with van der Waals surface area (Å²) < 4.78 is 0. The maximum absolute atomic E-state index is 4.43. The number of rotatable bonds is 3. The highest BCUT2D eigenvalue weighted by Crippen LogP contribution is 2.33. The monoisotopic (exact) mass is 298 g/mol. The fraction of sp³-hybridized carbons (Fsp3) is 0.562.